The van der Waals surface area contributed by atoms with E-state index in [2.05, 4.69) is 25.3 Å². The molecule has 0 aliphatic carbocycles. The first kappa shape index (κ1) is 16.2. The zero-order chi connectivity index (χ0) is 17.4. The first-order valence-electron chi connectivity index (χ1n) is 8.35. The second-order valence-electron chi connectivity index (χ2n) is 6.35. The maximum absolute atomic E-state index is 12.2. The third kappa shape index (κ3) is 2.48. The molecule has 0 aliphatic heterocycles. The summed E-state index contributed by atoms with van der Waals surface area (Å²) >= 11 is 0. The van der Waals surface area contributed by atoms with Gasteiger partial charge in [0.15, 0.2) is 0 Å². The molecule has 0 saturated carbocycles. The summed E-state index contributed by atoms with van der Waals surface area (Å²) in [5, 5.41) is 1.08. The number of benzene rings is 1. The van der Waals surface area contributed by atoms with Gasteiger partial charge in [0.2, 0.25) is 0 Å². The van der Waals surface area contributed by atoms with Crippen molar-refractivity contribution < 1.29 is 4.79 Å². The number of fused-ring (bicyclic) bond motifs is 1. The average Bonchev–Trinajstić information content (AvgIpc) is 2.87. The van der Waals surface area contributed by atoms with Gasteiger partial charge < -0.3 is 10.3 Å². The van der Waals surface area contributed by atoms with Crippen molar-refractivity contribution in [3.63, 3.8) is 0 Å². The van der Waals surface area contributed by atoms with Crippen molar-refractivity contribution in [3.05, 3.63) is 53.3 Å². The molecular weight excluding hydrogens is 298 g/mol. The van der Waals surface area contributed by atoms with Gasteiger partial charge in [-0.3, -0.25) is 4.79 Å². The molecule has 124 valence electrons. The van der Waals surface area contributed by atoms with E-state index in [9.17, 15) is 4.79 Å². The van der Waals surface area contributed by atoms with Gasteiger partial charge in [-0.2, -0.15) is 0 Å². The second kappa shape index (κ2) is 6.11. The van der Waals surface area contributed by atoms with Crippen molar-refractivity contribution in [3.8, 4) is 11.3 Å². The van der Waals surface area contributed by atoms with Crippen molar-refractivity contribution >= 4 is 16.8 Å². The van der Waals surface area contributed by atoms with E-state index in [4.69, 9.17) is 10.7 Å². The quantitative estimate of drug-likeness (QED) is 0.780. The van der Waals surface area contributed by atoms with Gasteiger partial charge in [-0.05, 0) is 39.3 Å². The van der Waals surface area contributed by atoms with Crippen LogP contribution in [0.1, 0.15) is 48.6 Å². The fourth-order valence-corrected chi connectivity index (χ4v) is 3.60. The van der Waals surface area contributed by atoms with Crippen LogP contribution < -0.4 is 5.73 Å². The minimum absolute atomic E-state index is 0.257. The SMILES string of the molecule is CCc1c(-c2ccc3ccccc3n2)c(C(N)=O)c(C)n1C(C)C. The molecule has 2 aromatic heterocycles. The maximum atomic E-state index is 12.2. The molecule has 2 heterocycles. The third-order valence-corrected chi connectivity index (χ3v) is 4.50. The predicted octanol–water partition coefficient (Wildman–Crippen LogP) is 4.25. The van der Waals surface area contributed by atoms with E-state index in [0.29, 0.717) is 5.56 Å². The largest absolute Gasteiger partial charge is 0.366 e. The standard InChI is InChI=1S/C20H23N3O/c1-5-17-19(18(20(21)24)13(4)23(17)12(2)3)16-11-10-14-8-6-7-9-15(14)22-16/h6-12H,5H2,1-4H3,(H2,21,24). The van der Waals surface area contributed by atoms with Crippen LogP contribution in [-0.4, -0.2) is 15.5 Å². The Morgan fingerprint density at radius 1 is 1.21 bits per heavy atom. The van der Waals surface area contributed by atoms with E-state index in [1.54, 1.807) is 0 Å². The van der Waals surface area contributed by atoms with E-state index in [0.717, 1.165) is 40.0 Å². The van der Waals surface area contributed by atoms with Gasteiger partial charge in [0.25, 0.3) is 5.91 Å². The molecule has 0 unspecified atom stereocenters. The van der Waals surface area contributed by atoms with Gasteiger partial charge in [-0.1, -0.05) is 31.2 Å². The van der Waals surface area contributed by atoms with Gasteiger partial charge >= 0.3 is 0 Å². The highest BCUT2D eigenvalue weighted by atomic mass is 16.1. The summed E-state index contributed by atoms with van der Waals surface area (Å²) in [7, 11) is 0. The number of nitrogens with two attached hydrogens (primary N) is 1. The highest BCUT2D eigenvalue weighted by molar-refractivity contribution is 6.02. The van der Waals surface area contributed by atoms with Crippen LogP contribution in [-0.2, 0) is 6.42 Å². The average molecular weight is 321 g/mol. The molecule has 1 aromatic carbocycles. The molecule has 0 aliphatic rings. The molecule has 0 spiro atoms. The Labute approximate surface area is 142 Å². The minimum Gasteiger partial charge on any atom is -0.366 e. The number of amides is 1. The lowest BCUT2D eigenvalue weighted by atomic mass is 10.0. The Hall–Kier alpha value is -2.62. The van der Waals surface area contributed by atoms with Gasteiger partial charge in [-0.25, -0.2) is 4.98 Å². The highest BCUT2D eigenvalue weighted by Gasteiger charge is 2.25. The van der Waals surface area contributed by atoms with Crippen molar-refractivity contribution in [1.82, 2.24) is 9.55 Å². The van der Waals surface area contributed by atoms with Crippen molar-refractivity contribution in [2.45, 2.75) is 40.2 Å². The molecule has 0 radical (unpaired) electrons. The number of hydrogen-bond donors (Lipinski definition) is 1. The number of carbonyl (C=O) groups is 1. The fraction of sp³-hybridized carbons (Fsp3) is 0.300. The Morgan fingerprint density at radius 3 is 2.54 bits per heavy atom. The summed E-state index contributed by atoms with van der Waals surface area (Å²) in [5.74, 6) is -0.397. The van der Waals surface area contributed by atoms with Crippen LogP contribution in [0.5, 0.6) is 0 Å². The maximum Gasteiger partial charge on any atom is 0.251 e. The summed E-state index contributed by atoms with van der Waals surface area (Å²) in [6, 6.07) is 12.3. The number of aromatic nitrogens is 2. The van der Waals surface area contributed by atoms with Crippen molar-refractivity contribution in [2.75, 3.05) is 0 Å². The van der Waals surface area contributed by atoms with E-state index >= 15 is 0 Å². The summed E-state index contributed by atoms with van der Waals surface area (Å²) in [4.78, 5) is 17.0. The molecule has 3 rings (SSSR count). The molecular formula is C20H23N3O. The number of carbonyl (C=O) groups excluding carboxylic acids is 1. The monoisotopic (exact) mass is 321 g/mol. The molecule has 4 heteroatoms. The number of rotatable bonds is 4. The van der Waals surface area contributed by atoms with Gasteiger partial charge in [0, 0.05) is 28.4 Å². The van der Waals surface area contributed by atoms with E-state index in [1.807, 2.05) is 43.3 Å². The molecule has 4 nitrogen and oxygen atoms in total. The normalized spacial score (nSPS) is 11.4. The lowest BCUT2D eigenvalue weighted by molar-refractivity contribution is 0.1000. The first-order valence-corrected chi connectivity index (χ1v) is 8.35. The van der Waals surface area contributed by atoms with Crippen LogP contribution in [0, 0.1) is 6.92 Å². The number of para-hydroxylation sites is 1. The van der Waals surface area contributed by atoms with Crippen molar-refractivity contribution in [2.24, 2.45) is 5.73 Å². The molecule has 0 fully saturated rings. The summed E-state index contributed by atoms with van der Waals surface area (Å²) in [5.41, 5.74) is 10.9. The van der Waals surface area contributed by atoms with Crippen LogP contribution in [0.25, 0.3) is 22.2 Å². The Kier molecular flexibility index (Phi) is 4.14. The molecule has 2 N–H and O–H groups in total. The number of nitrogens with zero attached hydrogens (tertiary/aromatic N) is 2. The van der Waals surface area contributed by atoms with Crippen LogP contribution in [0.15, 0.2) is 36.4 Å². The highest BCUT2D eigenvalue weighted by Crippen LogP contribution is 2.34. The van der Waals surface area contributed by atoms with Gasteiger partial charge in [0.1, 0.15) is 0 Å². The predicted molar refractivity (Wildman–Crippen MR) is 98.2 cm³/mol. The van der Waals surface area contributed by atoms with Crippen molar-refractivity contribution in [1.29, 1.82) is 0 Å². The molecule has 0 bridgehead atoms. The van der Waals surface area contributed by atoms with Crippen LogP contribution in [0.3, 0.4) is 0 Å². The minimum atomic E-state index is -0.397. The number of primary amides is 1. The first-order chi connectivity index (χ1) is 11.5. The van der Waals surface area contributed by atoms with E-state index in [-0.39, 0.29) is 6.04 Å². The summed E-state index contributed by atoms with van der Waals surface area (Å²) in [6.07, 6.45) is 0.816. The van der Waals surface area contributed by atoms with E-state index in [1.165, 1.54) is 0 Å². The number of hydrogen-bond acceptors (Lipinski definition) is 2. The molecule has 0 saturated heterocycles. The number of pyridine rings is 1. The lowest BCUT2D eigenvalue weighted by Crippen LogP contribution is -2.14. The Bertz CT molecular complexity index is 922. The van der Waals surface area contributed by atoms with E-state index < -0.39 is 5.91 Å². The molecule has 3 aromatic rings. The molecule has 24 heavy (non-hydrogen) atoms. The van der Waals surface area contributed by atoms with Crippen LogP contribution in [0.2, 0.25) is 0 Å². The smallest absolute Gasteiger partial charge is 0.251 e. The summed E-state index contributed by atoms with van der Waals surface area (Å²) in [6.45, 7) is 8.30. The second-order valence-corrected chi connectivity index (χ2v) is 6.35. The topological polar surface area (TPSA) is 60.9 Å². The van der Waals surface area contributed by atoms with Crippen LogP contribution in [0.4, 0.5) is 0 Å². The third-order valence-electron chi connectivity index (χ3n) is 4.50. The Morgan fingerprint density at radius 2 is 1.92 bits per heavy atom. The molecule has 1 amide bonds. The summed E-state index contributed by atoms with van der Waals surface area (Å²) < 4.78 is 2.20. The Balaban J connectivity index is 2.36. The van der Waals surface area contributed by atoms with Crippen LogP contribution >= 0.6 is 0 Å². The zero-order valence-corrected chi connectivity index (χ0v) is 14.6. The zero-order valence-electron chi connectivity index (χ0n) is 14.6. The van der Waals surface area contributed by atoms with Gasteiger partial charge in [-0.15, -0.1) is 0 Å². The lowest BCUT2D eigenvalue weighted by Gasteiger charge is -2.15. The fourth-order valence-electron chi connectivity index (χ4n) is 3.60. The van der Waals surface area contributed by atoms with Gasteiger partial charge in [0.05, 0.1) is 16.8 Å². The molecule has 0 atom stereocenters.